The lowest BCUT2D eigenvalue weighted by Crippen LogP contribution is -2.20. The first-order chi connectivity index (χ1) is 9.99. The van der Waals surface area contributed by atoms with E-state index in [0.717, 1.165) is 12.0 Å². The molecule has 0 heterocycles. The summed E-state index contributed by atoms with van der Waals surface area (Å²) in [5.41, 5.74) is 6.40. The van der Waals surface area contributed by atoms with E-state index in [-0.39, 0.29) is 17.3 Å². The van der Waals surface area contributed by atoms with Gasteiger partial charge in [0.1, 0.15) is 11.4 Å². The van der Waals surface area contributed by atoms with Crippen molar-refractivity contribution in [2.75, 3.05) is 11.1 Å². The highest BCUT2D eigenvalue weighted by molar-refractivity contribution is 6.00. The van der Waals surface area contributed by atoms with Gasteiger partial charge < -0.3 is 16.2 Å². The van der Waals surface area contributed by atoms with Gasteiger partial charge in [0.25, 0.3) is 0 Å². The Morgan fingerprint density at radius 1 is 1.29 bits per heavy atom. The van der Waals surface area contributed by atoms with Crippen LogP contribution in [0.3, 0.4) is 0 Å². The van der Waals surface area contributed by atoms with Crippen molar-refractivity contribution in [2.45, 2.75) is 19.4 Å². The van der Waals surface area contributed by atoms with E-state index in [2.05, 4.69) is 5.32 Å². The third kappa shape index (κ3) is 3.51. The highest BCUT2D eigenvalue weighted by Crippen LogP contribution is 2.26. The Kier molecular flexibility index (Phi) is 4.42. The van der Waals surface area contributed by atoms with Gasteiger partial charge in [0, 0.05) is 6.04 Å². The van der Waals surface area contributed by atoms with Crippen LogP contribution in [0.5, 0.6) is 0 Å². The SMILES string of the molecule is CC(Cc1ccccc1)Nc1ccc(F)c(N)c1C(=O)O. The molecule has 1 atom stereocenters. The largest absolute Gasteiger partial charge is 0.478 e. The van der Waals surface area contributed by atoms with Crippen LogP contribution < -0.4 is 11.1 Å². The monoisotopic (exact) mass is 288 g/mol. The average molecular weight is 288 g/mol. The van der Waals surface area contributed by atoms with Crippen molar-refractivity contribution < 1.29 is 14.3 Å². The Labute approximate surface area is 122 Å². The second kappa shape index (κ2) is 6.26. The van der Waals surface area contributed by atoms with E-state index in [1.807, 2.05) is 37.3 Å². The number of nitrogens with one attached hydrogen (secondary N) is 1. The molecule has 0 aliphatic carbocycles. The molecule has 2 aromatic carbocycles. The van der Waals surface area contributed by atoms with E-state index in [0.29, 0.717) is 5.69 Å². The standard InChI is InChI=1S/C16H17FN2O2/c1-10(9-11-5-3-2-4-6-11)19-13-8-7-12(17)15(18)14(13)16(20)21/h2-8,10,19H,9,18H2,1H3,(H,20,21). The van der Waals surface area contributed by atoms with Crippen molar-refractivity contribution in [2.24, 2.45) is 0 Å². The number of carboxylic acids is 1. The maximum atomic E-state index is 13.4. The number of rotatable bonds is 5. The first kappa shape index (κ1) is 14.8. The zero-order valence-corrected chi connectivity index (χ0v) is 11.6. The van der Waals surface area contributed by atoms with Crippen LogP contribution in [0.15, 0.2) is 42.5 Å². The summed E-state index contributed by atoms with van der Waals surface area (Å²) in [6, 6.07) is 12.4. The highest BCUT2D eigenvalue weighted by Gasteiger charge is 2.18. The second-order valence-electron chi connectivity index (χ2n) is 4.92. The Bertz CT molecular complexity index is 644. The molecule has 21 heavy (non-hydrogen) atoms. The molecule has 0 aliphatic heterocycles. The highest BCUT2D eigenvalue weighted by atomic mass is 19.1. The van der Waals surface area contributed by atoms with Crippen LogP contribution in [-0.4, -0.2) is 17.1 Å². The summed E-state index contributed by atoms with van der Waals surface area (Å²) < 4.78 is 13.4. The van der Waals surface area contributed by atoms with Gasteiger partial charge in [-0.25, -0.2) is 9.18 Å². The van der Waals surface area contributed by atoms with Crippen LogP contribution in [-0.2, 0) is 6.42 Å². The van der Waals surface area contributed by atoms with Gasteiger partial charge in [0.2, 0.25) is 0 Å². The Morgan fingerprint density at radius 2 is 1.95 bits per heavy atom. The fraction of sp³-hybridized carbons (Fsp3) is 0.188. The first-order valence-corrected chi connectivity index (χ1v) is 6.60. The Balaban J connectivity index is 2.19. The summed E-state index contributed by atoms with van der Waals surface area (Å²) in [6.07, 6.45) is 0.719. The van der Waals surface area contributed by atoms with Crippen molar-refractivity contribution in [3.63, 3.8) is 0 Å². The zero-order valence-electron chi connectivity index (χ0n) is 11.6. The number of carbonyl (C=O) groups is 1. The van der Waals surface area contributed by atoms with Crippen molar-refractivity contribution in [1.29, 1.82) is 0 Å². The van der Waals surface area contributed by atoms with Crippen LogP contribution in [0, 0.1) is 5.82 Å². The third-order valence-electron chi connectivity index (χ3n) is 3.19. The lowest BCUT2D eigenvalue weighted by atomic mass is 10.1. The van der Waals surface area contributed by atoms with E-state index in [1.165, 1.54) is 12.1 Å². The minimum atomic E-state index is -1.25. The molecule has 1 unspecified atom stereocenters. The molecule has 4 nitrogen and oxygen atoms in total. The molecular weight excluding hydrogens is 271 g/mol. The number of nitrogen functional groups attached to an aromatic ring is 1. The summed E-state index contributed by atoms with van der Waals surface area (Å²) in [5.74, 6) is -1.98. The molecule has 2 rings (SSSR count). The van der Waals surface area contributed by atoms with Crippen molar-refractivity contribution in [1.82, 2.24) is 0 Å². The summed E-state index contributed by atoms with van der Waals surface area (Å²) in [6.45, 7) is 1.93. The number of hydrogen-bond acceptors (Lipinski definition) is 3. The number of benzene rings is 2. The summed E-state index contributed by atoms with van der Waals surface area (Å²) in [4.78, 5) is 11.2. The van der Waals surface area contributed by atoms with E-state index < -0.39 is 11.8 Å². The Hall–Kier alpha value is -2.56. The van der Waals surface area contributed by atoms with E-state index in [9.17, 15) is 14.3 Å². The van der Waals surface area contributed by atoms with Gasteiger partial charge >= 0.3 is 5.97 Å². The molecule has 0 aromatic heterocycles. The molecule has 0 bridgehead atoms. The maximum Gasteiger partial charge on any atom is 0.340 e. The molecule has 0 aliphatic rings. The molecule has 4 N–H and O–H groups in total. The van der Waals surface area contributed by atoms with Crippen LogP contribution in [0.25, 0.3) is 0 Å². The molecule has 0 saturated carbocycles. The van der Waals surface area contributed by atoms with Crippen LogP contribution >= 0.6 is 0 Å². The maximum absolute atomic E-state index is 13.4. The molecule has 0 saturated heterocycles. The molecule has 0 spiro atoms. The van der Waals surface area contributed by atoms with Gasteiger partial charge in [-0.3, -0.25) is 0 Å². The molecule has 0 radical (unpaired) electrons. The van der Waals surface area contributed by atoms with Crippen molar-refractivity contribution in [3.05, 3.63) is 59.4 Å². The third-order valence-corrected chi connectivity index (χ3v) is 3.19. The summed E-state index contributed by atoms with van der Waals surface area (Å²) >= 11 is 0. The van der Waals surface area contributed by atoms with Crippen molar-refractivity contribution >= 4 is 17.3 Å². The molecule has 0 amide bonds. The number of halogens is 1. The fourth-order valence-electron chi connectivity index (χ4n) is 2.23. The second-order valence-corrected chi connectivity index (χ2v) is 4.92. The Morgan fingerprint density at radius 3 is 2.57 bits per heavy atom. The fourth-order valence-corrected chi connectivity index (χ4v) is 2.23. The van der Waals surface area contributed by atoms with E-state index in [4.69, 9.17) is 5.73 Å². The van der Waals surface area contributed by atoms with Gasteiger partial charge in [-0.15, -0.1) is 0 Å². The summed E-state index contributed by atoms with van der Waals surface area (Å²) in [7, 11) is 0. The van der Waals surface area contributed by atoms with Gasteiger partial charge in [0.15, 0.2) is 0 Å². The van der Waals surface area contributed by atoms with Crippen LogP contribution in [0.2, 0.25) is 0 Å². The predicted octanol–water partition coefficient (Wildman–Crippen LogP) is 3.15. The van der Waals surface area contributed by atoms with Crippen molar-refractivity contribution in [3.8, 4) is 0 Å². The number of carboxylic acid groups (broad SMARTS) is 1. The zero-order chi connectivity index (χ0) is 15.4. The topological polar surface area (TPSA) is 75.3 Å². The number of hydrogen-bond donors (Lipinski definition) is 3. The normalized spacial score (nSPS) is 11.9. The van der Waals surface area contributed by atoms with E-state index >= 15 is 0 Å². The minimum absolute atomic E-state index is 0.0182. The molecular formula is C16H17FN2O2. The summed E-state index contributed by atoms with van der Waals surface area (Å²) in [5, 5.41) is 12.3. The van der Waals surface area contributed by atoms with Gasteiger partial charge in [-0.05, 0) is 31.0 Å². The predicted molar refractivity (Wildman–Crippen MR) is 81.0 cm³/mol. The average Bonchev–Trinajstić information content (AvgIpc) is 2.43. The lowest BCUT2D eigenvalue weighted by Gasteiger charge is -2.18. The van der Waals surface area contributed by atoms with Gasteiger partial charge in [0.05, 0.1) is 11.4 Å². The first-order valence-electron chi connectivity index (χ1n) is 6.60. The molecule has 110 valence electrons. The number of nitrogens with two attached hydrogens (primary N) is 1. The van der Waals surface area contributed by atoms with Crippen LogP contribution in [0.4, 0.5) is 15.8 Å². The van der Waals surface area contributed by atoms with E-state index in [1.54, 1.807) is 0 Å². The number of anilines is 2. The molecule has 0 fully saturated rings. The molecule has 2 aromatic rings. The van der Waals surface area contributed by atoms with Crippen LogP contribution in [0.1, 0.15) is 22.8 Å². The van der Waals surface area contributed by atoms with Gasteiger partial charge in [-0.1, -0.05) is 30.3 Å². The smallest absolute Gasteiger partial charge is 0.340 e. The molecule has 5 heteroatoms. The quantitative estimate of drug-likeness (QED) is 0.739. The number of aromatic carboxylic acids is 1. The van der Waals surface area contributed by atoms with Gasteiger partial charge in [-0.2, -0.15) is 0 Å². The minimum Gasteiger partial charge on any atom is -0.478 e. The lowest BCUT2D eigenvalue weighted by molar-refractivity contribution is 0.0698.